The third kappa shape index (κ3) is 2.07. The topological polar surface area (TPSA) is 46.2 Å². The lowest BCUT2D eigenvalue weighted by molar-refractivity contribution is 0.165. The molecule has 4 heteroatoms. The van der Waals surface area contributed by atoms with Gasteiger partial charge in [-0.3, -0.25) is 0 Å². The second-order valence-corrected chi connectivity index (χ2v) is 5.27. The largest absolute Gasteiger partial charge is 0.391 e. The quantitative estimate of drug-likeness (QED) is 0.845. The number of rotatable bonds is 2. The van der Waals surface area contributed by atoms with Crippen LogP contribution in [0, 0.1) is 6.92 Å². The number of aliphatic hydroxyl groups is 1. The van der Waals surface area contributed by atoms with E-state index < -0.39 is 6.10 Å². The van der Waals surface area contributed by atoms with Gasteiger partial charge in [-0.05, 0) is 41.4 Å². The molecule has 0 aliphatic carbocycles. The third-order valence-electron chi connectivity index (χ3n) is 1.72. The molecule has 0 unspecified atom stereocenters. The van der Waals surface area contributed by atoms with Crippen molar-refractivity contribution >= 4 is 27.3 Å². The molecule has 0 bridgehead atoms. The first kappa shape index (κ1) is 10.2. The van der Waals surface area contributed by atoms with Crippen molar-refractivity contribution in [1.82, 2.24) is 0 Å². The smallest absolute Gasteiger partial charge is 0.0731 e. The Labute approximate surface area is 84.5 Å². The molecule has 0 aromatic carbocycles. The van der Waals surface area contributed by atoms with E-state index in [0.29, 0.717) is 0 Å². The maximum atomic E-state index is 9.24. The molecular weight excluding hydrogens is 238 g/mol. The minimum absolute atomic E-state index is 0.264. The number of halogens is 1. The molecule has 0 aliphatic rings. The Balaban J connectivity index is 2.89. The monoisotopic (exact) mass is 249 g/mol. The molecule has 0 saturated carbocycles. The minimum atomic E-state index is -0.491. The zero-order valence-corrected chi connectivity index (χ0v) is 9.45. The number of aliphatic hydroxyl groups excluding tert-OH is 1. The van der Waals surface area contributed by atoms with Crippen LogP contribution in [-0.4, -0.2) is 11.2 Å². The van der Waals surface area contributed by atoms with Gasteiger partial charge in [0.25, 0.3) is 0 Å². The summed E-state index contributed by atoms with van der Waals surface area (Å²) >= 11 is 5.00. The third-order valence-corrected chi connectivity index (χ3v) is 3.96. The van der Waals surface area contributed by atoms with Crippen molar-refractivity contribution in [2.24, 2.45) is 5.73 Å². The maximum absolute atomic E-state index is 9.24. The highest BCUT2D eigenvalue weighted by Crippen LogP contribution is 2.31. The average molecular weight is 250 g/mol. The molecule has 0 aliphatic heterocycles. The Morgan fingerprint density at radius 1 is 1.67 bits per heavy atom. The average Bonchev–Trinajstić information content (AvgIpc) is 2.30. The summed E-state index contributed by atoms with van der Waals surface area (Å²) in [4.78, 5) is 1.02. The van der Waals surface area contributed by atoms with E-state index in [0.717, 1.165) is 8.66 Å². The van der Waals surface area contributed by atoms with E-state index in [1.165, 1.54) is 5.56 Å². The molecule has 1 heterocycles. The second kappa shape index (κ2) is 3.87. The summed E-state index contributed by atoms with van der Waals surface area (Å²) in [7, 11) is 0. The van der Waals surface area contributed by atoms with Gasteiger partial charge in [0, 0.05) is 4.88 Å². The number of hydrogen-bond acceptors (Lipinski definition) is 3. The first-order chi connectivity index (χ1) is 5.52. The molecule has 1 aromatic heterocycles. The molecule has 12 heavy (non-hydrogen) atoms. The standard InChI is InChI=1S/C8H12BrNOS/c1-4-3-6(12-8(4)9)7(10)5(2)11/h3,5,7,11H,10H2,1-2H3/t5-,7-/m1/s1. The lowest BCUT2D eigenvalue weighted by atomic mass is 10.1. The van der Waals surface area contributed by atoms with Crippen LogP contribution in [0.5, 0.6) is 0 Å². The zero-order chi connectivity index (χ0) is 9.30. The van der Waals surface area contributed by atoms with Crippen molar-refractivity contribution in [2.45, 2.75) is 26.0 Å². The van der Waals surface area contributed by atoms with Crippen LogP contribution in [0.2, 0.25) is 0 Å². The fourth-order valence-electron chi connectivity index (χ4n) is 0.886. The summed E-state index contributed by atoms with van der Waals surface area (Å²) in [5, 5.41) is 9.24. The minimum Gasteiger partial charge on any atom is -0.391 e. The van der Waals surface area contributed by atoms with Crippen LogP contribution >= 0.6 is 27.3 Å². The van der Waals surface area contributed by atoms with Crippen LogP contribution in [0.1, 0.15) is 23.4 Å². The SMILES string of the molecule is Cc1cc([C@H](N)[C@@H](C)O)sc1Br. The van der Waals surface area contributed by atoms with Crippen molar-refractivity contribution in [2.75, 3.05) is 0 Å². The van der Waals surface area contributed by atoms with Crippen LogP contribution in [0.3, 0.4) is 0 Å². The van der Waals surface area contributed by atoms with E-state index in [1.54, 1.807) is 18.3 Å². The van der Waals surface area contributed by atoms with Crippen LogP contribution < -0.4 is 5.73 Å². The van der Waals surface area contributed by atoms with Crippen molar-refractivity contribution in [1.29, 1.82) is 0 Å². The van der Waals surface area contributed by atoms with Crippen molar-refractivity contribution < 1.29 is 5.11 Å². The highest BCUT2D eigenvalue weighted by Gasteiger charge is 2.15. The van der Waals surface area contributed by atoms with E-state index in [1.807, 2.05) is 13.0 Å². The van der Waals surface area contributed by atoms with Gasteiger partial charge in [-0.2, -0.15) is 0 Å². The number of thiophene rings is 1. The lowest BCUT2D eigenvalue weighted by Crippen LogP contribution is -2.21. The number of aryl methyl sites for hydroxylation is 1. The van der Waals surface area contributed by atoms with Gasteiger partial charge < -0.3 is 10.8 Å². The molecule has 0 saturated heterocycles. The number of hydrogen-bond donors (Lipinski definition) is 2. The molecule has 68 valence electrons. The Kier molecular flexibility index (Phi) is 3.29. The molecule has 0 spiro atoms. The van der Waals surface area contributed by atoms with Crippen LogP contribution in [0.25, 0.3) is 0 Å². The molecular formula is C8H12BrNOS. The molecule has 3 N–H and O–H groups in total. The summed E-state index contributed by atoms with van der Waals surface area (Å²) in [6.45, 7) is 3.71. The predicted molar refractivity (Wildman–Crippen MR) is 55.4 cm³/mol. The van der Waals surface area contributed by atoms with Crippen molar-refractivity contribution in [3.8, 4) is 0 Å². The molecule has 2 nitrogen and oxygen atoms in total. The van der Waals surface area contributed by atoms with Gasteiger partial charge in [-0.15, -0.1) is 11.3 Å². The van der Waals surface area contributed by atoms with E-state index in [9.17, 15) is 5.11 Å². The second-order valence-electron chi connectivity index (χ2n) is 2.87. The molecule has 0 amide bonds. The summed E-state index contributed by atoms with van der Waals surface area (Å²) in [6, 6.07) is 1.74. The van der Waals surface area contributed by atoms with Gasteiger partial charge in [0.05, 0.1) is 15.9 Å². The highest BCUT2D eigenvalue weighted by atomic mass is 79.9. The Morgan fingerprint density at radius 2 is 2.25 bits per heavy atom. The highest BCUT2D eigenvalue weighted by molar-refractivity contribution is 9.11. The zero-order valence-electron chi connectivity index (χ0n) is 7.04. The number of nitrogens with two attached hydrogens (primary N) is 1. The van der Waals surface area contributed by atoms with Crippen molar-refractivity contribution in [3.63, 3.8) is 0 Å². The summed E-state index contributed by atoms with van der Waals surface area (Å²) in [5.41, 5.74) is 6.93. The van der Waals surface area contributed by atoms with Gasteiger partial charge in [0.15, 0.2) is 0 Å². The van der Waals surface area contributed by atoms with Gasteiger partial charge >= 0.3 is 0 Å². The lowest BCUT2D eigenvalue weighted by Gasteiger charge is -2.11. The van der Waals surface area contributed by atoms with Gasteiger partial charge in [0.1, 0.15) is 0 Å². The van der Waals surface area contributed by atoms with E-state index in [2.05, 4.69) is 15.9 Å². The first-order valence-corrected chi connectivity index (χ1v) is 5.32. The fourth-order valence-corrected chi connectivity index (χ4v) is 2.56. The normalized spacial score (nSPS) is 16.1. The van der Waals surface area contributed by atoms with Gasteiger partial charge in [0.2, 0.25) is 0 Å². The predicted octanol–water partition coefficient (Wildman–Crippen LogP) is 2.20. The van der Waals surface area contributed by atoms with Gasteiger partial charge in [-0.25, -0.2) is 0 Å². The Morgan fingerprint density at radius 3 is 2.58 bits per heavy atom. The van der Waals surface area contributed by atoms with Crippen molar-refractivity contribution in [3.05, 3.63) is 20.3 Å². The van der Waals surface area contributed by atoms with Crippen LogP contribution in [0.4, 0.5) is 0 Å². The van der Waals surface area contributed by atoms with E-state index >= 15 is 0 Å². The first-order valence-electron chi connectivity index (χ1n) is 3.72. The summed E-state index contributed by atoms with van der Waals surface area (Å²) in [6.07, 6.45) is -0.491. The fraction of sp³-hybridized carbons (Fsp3) is 0.500. The molecule has 0 fully saturated rings. The molecule has 1 rings (SSSR count). The van der Waals surface area contributed by atoms with Gasteiger partial charge in [-0.1, -0.05) is 0 Å². The molecule has 1 aromatic rings. The van der Waals surface area contributed by atoms with E-state index in [4.69, 9.17) is 5.73 Å². The summed E-state index contributed by atoms with van der Waals surface area (Å²) in [5.74, 6) is 0. The Bertz CT molecular complexity index is 253. The van der Waals surface area contributed by atoms with Crippen LogP contribution in [0.15, 0.2) is 9.85 Å². The Hall–Kier alpha value is 0.100. The van der Waals surface area contributed by atoms with Crippen LogP contribution in [-0.2, 0) is 0 Å². The molecule has 0 radical (unpaired) electrons. The van der Waals surface area contributed by atoms with E-state index in [-0.39, 0.29) is 6.04 Å². The summed E-state index contributed by atoms with van der Waals surface area (Å²) < 4.78 is 1.09. The molecule has 2 atom stereocenters. The maximum Gasteiger partial charge on any atom is 0.0731 e.